The maximum Gasteiger partial charge on any atom is 0.0541 e. The van der Waals surface area contributed by atoms with Gasteiger partial charge in [-0.15, -0.1) is 0 Å². The number of hydrogen-bond acceptors (Lipinski definition) is 0. The number of allylic oxidation sites excluding steroid dienone is 4. The summed E-state index contributed by atoms with van der Waals surface area (Å²) in [6, 6.07) is 21.9. The normalized spacial score (nSPS) is 16.3. The number of hydrogen-bond donors (Lipinski definition) is 0. The van der Waals surface area contributed by atoms with E-state index in [1.807, 2.05) is 6.08 Å². The Morgan fingerprint density at radius 2 is 1.62 bits per heavy atom. The lowest BCUT2D eigenvalue weighted by Crippen LogP contribution is -2.01. The van der Waals surface area contributed by atoms with Crippen LogP contribution < -0.4 is 0 Å². The van der Waals surface area contributed by atoms with Gasteiger partial charge in [0, 0.05) is 20.9 Å². The molecule has 1 unspecified atom stereocenters. The minimum absolute atomic E-state index is 0.556. The highest BCUT2D eigenvalue weighted by atomic mass is 79.9. The SMILES string of the molecule is C=Cc1ccc(-c2ccc3c(c2)c2cc(Br)ccc2n3C2=CC(C)CC=C2)cc1. The molecule has 1 aromatic heterocycles. The van der Waals surface area contributed by atoms with Crippen molar-refractivity contribution in [2.24, 2.45) is 5.92 Å². The van der Waals surface area contributed by atoms with Crippen molar-refractivity contribution in [1.82, 2.24) is 4.57 Å². The van der Waals surface area contributed by atoms with Crippen LogP contribution >= 0.6 is 15.9 Å². The third-order valence-electron chi connectivity index (χ3n) is 5.72. The molecule has 1 aliphatic carbocycles. The summed E-state index contributed by atoms with van der Waals surface area (Å²) in [5.41, 5.74) is 7.34. The van der Waals surface area contributed by atoms with Gasteiger partial charge in [-0.05, 0) is 65.4 Å². The second-order valence-corrected chi connectivity index (χ2v) is 8.68. The van der Waals surface area contributed by atoms with E-state index in [0.29, 0.717) is 5.92 Å². The Labute approximate surface area is 179 Å². The van der Waals surface area contributed by atoms with Gasteiger partial charge < -0.3 is 4.57 Å². The van der Waals surface area contributed by atoms with Crippen LogP contribution in [0.25, 0.3) is 44.7 Å². The molecule has 2 heteroatoms. The van der Waals surface area contributed by atoms with E-state index in [2.05, 4.69) is 113 Å². The summed E-state index contributed by atoms with van der Waals surface area (Å²) in [5, 5.41) is 2.55. The molecule has 0 saturated carbocycles. The molecule has 0 saturated heterocycles. The maximum absolute atomic E-state index is 3.85. The van der Waals surface area contributed by atoms with Crippen molar-refractivity contribution < 1.29 is 0 Å². The lowest BCUT2D eigenvalue weighted by Gasteiger charge is -2.15. The van der Waals surface area contributed by atoms with Crippen LogP contribution in [0.4, 0.5) is 0 Å². The predicted molar refractivity (Wildman–Crippen MR) is 130 cm³/mol. The summed E-state index contributed by atoms with van der Waals surface area (Å²) < 4.78 is 3.50. The van der Waals surface area contributed by atoms with Crippen molar-refractivity contribution in [1.29, 1.82) is 0 Å². The quantitative estimate of drug-likeness (QED) is 0.302. The van der Waals surface area contributed by atoms with Crippen LogP contribution in [0.1, 0.15) is 18.9 Å². The standard InChI is InChI=1S/C27H22BrN/c1-3-19-7-9-20(10-8-19)21-11-13-26-24(16-21)25-17-22(28)12-14-27(25)29(26)23-6-4-5-18(2)15-23/h3-4,6-18H,1,5H2,2H3. The fraction of sp³-hybridized carbons (Fsp3) is 0.111. The molecule has 1 heterocycles. The van der Waals surface area contributed by atoms with E-state index in [-0.39, 0.29) is 0 Å². The van der Waals surface area contributed by atoms with Crippen molar-refractivity contribution >= 4 is 49.5 Å². The zero-order chi connectivity index (χ0) is 20.0. The molecule has 5 rings (SSSR count). The Kier molecular flexibility index (Phi) is 4.52. The highest BCUT2D eigenvalue weighted by Gasteiger charge is 2.16. The summed E-state index contributed by atoms with van der Waals surface area (Å²) in [5.74, 6) is 0.556. The Hall–Kier alpha value is -2.84. The molecule has 0 aliphatic heterocycles. The third-order valence-corrected chi connectivity index (χ3v) is 6.21. The summed E-state index contributed by atoms with van der Waals surface area (Å²) in [6.07, 6.45) is 9.90. The van der Waals surface area contributed by atoms with E-state index < -0.39 is 0 Å². The Morgan fingerprint density at radius 1 is 0.931 bits per heavy atom. The first-order chi connectivity index (χ1) is 14.1. The van der Waals surface area contributed by atoms with Gasteiger partial charge in [0.1, 0.15) is 0 Å². The molecule has 1 atom stereocenters. The maximum atomic E-state index is 3.85. The monoisotopic (exact) mass is 439 g/mol. The average Bonchev–Trinajstić information content (AvgIpc) is 3.06. The van der Waals surface area contributed by atoms with Gasteiger partial charge in [-0.2, -0.15) is 0 Å². The largest absolute Gasteiger partial charge is 0.310 e. The molecular weight excluding hydrogens is 418 g/mol. The van der Waals surface area contributed by atoms with Gasteiger partial charge in [-0.25, -0.2) is 0 Å². The first-order valence-corrected chi connectivity index (χ1v) is 10.8. The highest BCUT2D eigenvalue weighted by Crippen LogP contribution is 2.37. The van der Waals surface area contributed by atoms with Crippen LogP contribution in [0.2, 0.25) is 0 Å². The topological polar surface area (TPSA) is 4.93 Å². The smallest absolute Gasteiger partial charge is 0.0541 e. The Morgan fingerprint density at radius 3 is 2.34 bits per heavy atom. The van der Waals surface area contributed by atoms with E-state index in [9.17, 15) is 0 Å². The number of halogens is 1. The zero-order valence-corrected chi connectivity index (χ0v) is 18.0. The summed E-state index contributed by atoms with van der Waals surface area (Å²) in [6.45, 7) is 6.13. The molecular formula is C27H22BrN. The van der Waals surface area contributed by atoms with Crippen LogP contribution in [0.5, 0.6) is 0 Å². The van der Waals surface area contributed by atoms with Crippen LogP contribution in [0.3, 0.4) is 0 Å². The predicted octanol–water partition coefficient (Wildman–Crippen LogP) is 8.30. The van der Waals surface area contributed by atoms with Crippen molar-refractivity contribution in [3.8, 4) is 11.1 Å². The number of aromatic nitrogens is 1. The molecule has 4 aromatic rings. The first kappa shape index (κ1) is 18.2. The van der Waals surface area contributed by atoms with E-state index in [0.717, 1.165) is 16.5 Å². The second-order valence-electron chi connectivity index (χ2n) is 7.76. The molecule has 142 valence electrons. The van der Waals surface area contributed by atoms with Crippen molar-refractivity contribution in [2.75, 3.05) is 0 Å². The molecule has 0 amide bonds. The van der Waals surface area contributed by atoms with Crippen molar-refractivity contribution in [2.45, 2.75) is 13.3 Å². The molecule has 1 nitrogen and oxygen atoms in total. The molecule has 29 heavy (non-hydrogen) atoms. The summed E-state index contributed by atoms with van der Waals surface area (Å²) in [7, 11) is 0. The van der Waals surface area contributed by atoms with E-state index in [4.69, 9.17) is 0 Å². The van der Waals surface area contributed by atoms with Crippen molar-refractivity contribution in [3.63, 3.8) is 0 Å². The summed E-state index contributed by atoms with van der Waals surface area (Å²) in [4.78, 5) is 0. The van der Waals surface area contributed by atoms with Gasteiger partial charge in [0.2, 0.25) is 0 Å². The number of benzene rings is 3. The zero-order valence-electron chi connectivity index (χ0n) is 16.4. The van der Waals surface area contributed by atoms with E-state index in [1.54, 1.807) is 0 Å². The molecule has 3 aromatic carbocycles. The Bertz CT molecular complexity index is 1300. The summed E-state index contributed by atoms with van der Waals surface area (Å²) >= 11 is 3.67. The number of rotatable bonds is 3. The number of fused-ring (bicyclic) bond motifs is 3. The van der Waals surface area contributed by atoms with Gasteiger partial charge >= 0.3 is 0 Å². The van der Waals surface area contributed by atoms with Crippen LogP contribution in [0.15, 0.2) is 89.9 Å². The van der Waals surface area contributed by atoms with Crippen LogP contribution in [-0.2, 0) is 0 Å². The van der Waals surface area contributed by atoms with Crippen LogP contribution in [0, 0.1) is 5.92 Å². The minimum Gasteiger partial charge on any atom is -0.310 e. The Balaban J connectivity index is 1.77. The fourth-order valence-corrected chi connectivity index (χ4v) is 4.59. The van der Waals surface area contributed by atoms with Gasteiger partial charge in [0.05, 0.1) is 11.0 Å². The van der Waals surface area contributed by atoms with Gasteiger partial charge in [0.15, 0.2) is 0 Å². The molecule has 0 bridgehead atoms. The van der Waals surface area contributed by atoms with Crippen LogP contribution in [-0.4, -0.2) is 4.57 Å². The molecule has 1 aliphatic rings. The molecule has 0 N–H and O–H groups in total. The highest BCUT2D eigenvalue weighted by molar-refractivity contribution is 9.10. The molecule has 0 spiro atoms. The van der Waals surface area contributed by atoms with Crippen molar-refractivity contribution in [3.05, 3.63) is 95.5 Å². The van der Waals surface area contributed by atoms with Gasteiger partial charge in [0.25, 0.3) is 0 Å². The third kappa shape index (κ3) is 3.18. The first-order valence-electron chi connectivity index (χ1n) is 9.99. The van der Waals surface area contributed by atoms with E-state index in [1.165, 1.54) is 38.6 Å². The van der Waals surface area contributed by atoms with E-state index >= 15 is 0 Å². The van der Waals surface area contributed by atoms with Gasteiger partial charge in [-0.1, -0.05) is 78.0 Å². The molecule has 0 radical (unpaired) electrons. The van der Waals surface area contributed by atoms with Gasteiger partial charge in [-0.3, -0.25) is 0 Å². The second kappa shape index (κ2) is 7.20. The lowest BCUT2D eigenvalue weighted by molar-refractivity contribution is 0.735. The number of nitrogens with zero attached hydrogens (tertiary/aromatic N) is 1. The average molecular weight is 440 g/mol. The minimum atomic E-state index is 0.556. The molecule has 0 fully saturated rings. The lowest BCUT2D eigenvalue weighted by atomic mass is 10.0. The fourth-order valence-electron chi connectivity index (χ4n) is 4.23.